The summed E-state index contributed by atoms with van der Waals surface area (Å²) in [6.45, 7) is 9.91. The molecule has 2 unspecified atom stereocenters. The van der Waals surface area contributed by atoms with Crippen molar-refractivity contribution in [2.75, 3.05) is 32.8 Å². The molecule has 0 bridgehead atoms. The summed E-state index contributed by atoms with van der Waals surface area (Å²) >= 11 is 0. The number of ether oxygens (including phenoxy) is 1. The molecule has 0 fully saturated rings. The van der Waals surface area contributed by atoms with Crippen LogP contribution in [0.25, 0.3) is 0 Å². The SMILES string of the molecule is CCNC(=NCC(C)COCc1ccccc1)NCC(C)CO.I. The number of benzene rings is 1. The average molecular weight is 449 g/mol. The van der Waals surface area contributed by atoms with Gasteiger partial charge in [0.15, 0.2) is 5.96 Å². The number of hydrogen-bond acceptors (Lipinski definition) is 3. The van der Waals surface area contributed by atoms with Gasteiger partial charge in [0.2, 0.25) is 0 Å². The lowest BCUT2D eigenvalue weighted by molar-refractivity contribution is 0.0945. The van der Waals surface area contributed by atoms with Crippen molar-refractivity contribution in [1.82, 2.24) is 10.6 Å². The van der Waals surface area contributed by atoms with E-state index in [9.17, 15) is 0 Å². The molecule has 1 rings (SSSR count). The molecule has 0 radical (unpaired) electrons. The van der Waals surface area contributed by atoms with E-state index in [2.05, 4.69) is 34.7 Å². The van der Waals surface area contributed by atoms with Crippen LogP contribution in [-0.4, -0.2) is 43.9 Å². The van der Waals surface area contributed by atoms with Crippen molar-refractivity contribution in [3.63, 3.8) is 0 Å². The topological polar surface area (TPSA) is 65.9 Å². The van der Waals surface area contributed by atoms with E-state index >= 15 is 0 Å². The van der Waals surface area contributed by atoms with Gasteiger partial charge in [-0.15, -0.1) is 24.0 Å². The van der Waals surface area contributed by atoms with Gasteiger partial charge in [0.05, 0.1) is 13.2 Å². The molecule has 138 valence electrons. The van der Waals surface area contributed by atoms with Crippen molar-refractivity contribution in [3.8, 4) is 0 Å². The van der Waals surface area contributed by atoms with Crippen LogP contribution in [0.2, 0.25) is 0 Å². The maximum Gasteiger partial charge on any atom is 0.191 e. The van der Waals surface area contributed by atoms with Gasteiger partial charge in [-0.2, -0.15) is 0 Å². The molecule has 6 heteroatoms. The fourth-order valence-electron chi connectivity index (χ4n) is 1.93. The highest BCUT2D eigenvalue weighted by atomic mass is 127. The van der Waals surface area contributed by atoms with Crippen LogP contribution in [0.1, 0.15) is 26.3 Å². The van der Waals surface area contributed by atoms with E-state index in [1.165, 1.54) is 5.56 Å². The summed E-state index contributed by atoms with van der Waals surface area (Å²) in [5.74, 6) is 1.36. The Morgan fingerprint density at radius 2 is 1.88 bits per heavy atom. The van der Waals surface area contributed by atoms with Crippen LogP contribution in [-0.2, 0) is 11.3 Å². The molecule has 0 spiro atoms. The Morgan fingerprint density at radius 3 is 2.50 bits per heavy atom. The molecule has 0 amide bonds. The van der Waals surface area contributed by atoms with Crippen LogP contribution >= 0.6 is 24.0 Å². The van der Waals surface area contributed by atoms with Gasteiger partial charge in [0, 0.05) is 26.2 Å². The third-order valence-corrected chi connectivity index (χ3v) is 3.35. The standard InChI is InChI=1S/C18H31N3O2.HI/c1-4-19-18(20-10-15(2)12-22)21-11-16(3)13-23-14-17-8-6-5-7-9-17;/h5-9,15-16,22H,4,10-14H2,1-3H3,(H2,19,20,21);1H. The molecule has 3 N–H and O–H groups in total. The van der Waals surface area contributed by atoms with Crippen LogP contribution in [0.3, 0.4) is 0 Å². The molecule has 24 heavy (non-hydrogen) atoms. The maximum absolute atomic E-state index is 9.07. The molecule has 0 aliphatic rings. The lowest BCUT2D eigenvalue weighted by Gasteiger charge is -2.15. The highest BCUT2D eigenvalue weighted by Gasteiger charge is 2.05. The predicted molar refractivity (Wildman–Crippen MR) is 111 cm³/mol. The van der Waals surface area contributed by atoms with Crippen molar-refractivity contribution in [3.05, 3.63) is 35.9 Å². The average Bonchev–Trinajstić information content (AvgIpc) is 2.58. The van der Waals surface area contributed by atoms with E-state index in [1.54, 1.807) is 0 Å². The number of rotatable bonds is 10. The predicted octanol–water partition coefficient (Wildman–Crippen LogP) is 2.64. The molecule has 0 saturated carbocycles. The Labute approximate surface area is 163 Å². The van der Waals surface area contributed by atoms with E-state index in [-0.39, 0.29) is 36.5 Å². The van der Waals surface area contributed by atoms with E-state index < -0.39 is 0 Å². The van der Waals surface area contributed by atoms with Crippen LogP contribution in [0.4, 0.5) is 0 Å². The highest BCUT2D eigenvalue weighted by Crippen LogP contribution is 2.03. The molecule has 2 atom stereocenters. The summed E-state index contributed by atoms with van der Waals surface area (Å²) in [4.78, 5) is 4.58. The van der Waals surface area contributed by atoms with Gasteiger partial charge in [-0.25, -0.2) is 0 Å². The van der Waals surface area contributed by atoms with Crippen molar-refractivity contribution in [1.29, 1.82) is 0 Å². The minimum absolute atomic E-state index is 0. The normalized spacial score (nSPS) is 13.8. The molecule has 0 saturated heterocycles. The van der Waals surface area contributed by atoms with E-state index in [0.29, 0.717) is 32.2 Å². The highest BCUT2D eigenvalue weighted by molar-refractivity contribution is 14.0. The van der Waals surface area contributed by atoms with E-state index in [0.717, 1.165) is 12.5 Å². The van der Waals surface area contributed by atoms with Crippen molar-refractivity contribution < 1.29 is 9.84 Å². The monoisotopic (exact) mass is 449 g/mol. The molecule has 0 aromatic heterocycles. The molecule has 0 heterocycles. The quantitative estimate of drug-likeness (QED) is 0.292. The minimum Gasteiger partial charge on any atom is -0.396 e. The molecule has 0 aliphatic carbocycles. The van der Waals surface area contributed by atoms with Gasteiger partial charge in [0.1, 0.15) is 0 Å². The first-order valence-electron chi connectivity index (χ1n) is 8.40. The molecule has 5 nitrogen and oxygen atoms in total. The van der Waals surface area contributed by atoms with Crippen molar-refractivity contribution in [2.24, 2.45) is 16.8 Å². The van der Waals surface area contributed by atoms with Crippen molar-refractivity contribution >= 4 is 29.9 Å². The molecule has 0 aliphatic heterocycles. The number of halogens is 1. The first-order valence-corrected chi connectivity index (χ1v) is 8.40. The largest absolute Gasteiger partial charge is 0.396 e. The number of nitrogens with zero attached hydrogens (tertiary/aromatic N) is 1. The Bertz CT molecular complexity index is 443. The minimum atomic E-state index is 0. The van der Waals surface area contributed by atoms with Gasteiger partial charge >= 0.3 is 0 Å². The third-order valence-electron chi connectivity index (χ3n) is 3.35. The lowest BCUT2D eigenvalue weighted by Crippen LogP contribution is -2.40. The summed E-state index contributed by atoms with van der Waals surface area (Å²) in [5.41, 5.74) is 1.19. The van der Waals surface area contributed by atoms with Gasteiger partial charge in [-0.05, 0) is 24.3 Å². The number of hydrogen-bond donors (Lipinski definition) is 3. The Kier molecular flexibility index (Phi) is 14.0. The second-order valence-electron chi connectivity index (χ2n) is 5.99. The zero-order chi connectivity index (χ0) is 16.9. The zero-order valence-corrected chi connectivity index (χ0v) is 17.3. The van der Waals surface area contributed by atoms with Crippen LogP contribution in [0, 0.1) is 11.8 Å². The molecule has 1 aromatic rings. The fourth-order valence-corrected chi connectivity index (χ4v) is 1.93. The van der Waals surface area contributed by atoms with Crippen LogP contribution in [0.15, 0.2) is 35.3 Å². The summed E-state index contributed by atoms with van der Waals surface area (Å²) < 4.78 is 5.75. The fraction of sp³-hybridized carbons (Fsp3) is 0.611. The first kappa shape index (κ1) is 23.1. The first-order chi connectivity index (χ1) is 11.2. The number of nitrogens with one attached hydrogen (secondary N) is 2. The van der Waals surface area contributed by atoms with Crippen LogP contribution in [0.5, 0.6) is 0 Å². The molecule has 1 aromatic carbocycles. The maximum atomic E-state index is 9.07. The van der Waals surface area contributed by atoms with Crippen molar-refractivity contribution in [2.45, 2.75) is 27.4 Å². The smallest absolute Gasteiger partial charge is 0.191 e. The van der Waals surface area contributed by atoms with Gasteiger partial charge < -0.3 is 20.5 Å². The van der Waals surface area contributed by atoms with Gasteiger partial charge in [0.25, 0.3) is 0 Å². The van der Waals surface area contributed by atoms with Crippen LogP contribution < -0.4 is 10.6 Å². The molecular formula is C18H32IN3O2. The third kappa shape index (κ3) is 10.8. The second kappa shape index (κ2) is 14.5. The Balaban J connectivity index is 0.00000529. The van der Waals surface area contributed by atoms with Gasteiger partial charge in [-0.1, -0.05) is 44.2 Å². The Morgan fingerprint density at radius 1 is 1.17 bits per heavy atom. The number of aliphatic imine (C=N–C) groups is 1. The lowest BCUT2D eigenvalue weighted by atomic mass is 10.2. The zero-order valence-electron chi connectivity index (χ0n) is 15.0. The number of aliphatic hydroxyl groups excluding tert-OH is 1. The Hall–Kier alpha value is -0.860. The van der Waals surface area contributed by atoms with E-state index in [4.69, 9.17) is 9.84 Å². The molecular weight excluding hydrogens is 417 g/mol. The summed E-state index contributed by atoms with van der Waals surface area (Å²) in [7, 11) is 0. The van der Waals surface area contributed by atoms with Gasteiger partial charge in [-0.3, -0.25) is 4.99 Å². The second-order valence-corrected chi connectivity index (χ2v) is 5.99. The number of guanidine groups is 1. The summed E-state index contributed by atoms with van der Waals surface area (Å²) in [6.07, 6.45) is 0. The summed E-state index contributed by atoms with van der Waals surface area (Å²) in [6, 6.07) is 10.2. The number of aliphatic hydroxyl groups is 1. The van der Waals surface area contributed by atoms with E-state index in [1.807, 2.05) is 32.0 Å². The summed E-state index contributed by atoms with van der Waals surface area (Å²) in [5, 5.41) is 15.5.